The molecule has 0 radical (unpaired) electrons. The molecule has 0 N–H and O–H groups in total. The van der Waals surface area contributed by atoms with Gasteiger partial charge in [-0.3, -0.25) is 9.59 Å². The molecule has 0 aliphatic carbocycles. The van der Waals surface area contributed by atoms with Crippen molar-refractivity contribution in [2.45, 2.75) is 6.92 Å². The van der Waals surface area contributed by atoms with Crippen molar-refractivity contribution in [2.24, 2.45) is 0 Å². The van der Waals surface area contributed by atoms with Gasteiger partial charge in [0.1, 0.15) is 28.8 Å². The molecule has 2 heterocycles. The predicted molar refractivity (Wildman–Crippen MR) is 88.7 cm³/mol. The van der Waals surface area contributed by atoms with Crippen LogP contribution in [0, 0.1) is 6.92 Å². The van der Waals surface area contributed by atoms with Crippen LogP contribution >= 0.6 is 0 Å². The smallest absolute Gasteiger partial charge is 0.203 e. The first-order valence-corrected chi connectivity index (χ1v) is 7.19. The Morgan fingerprint density at radius 2 is 1.70 bits per heavy atom. The van der Waals surface area contributed by atoms with Crippen molar-refractivity contribution in [2.75, 3.05) is 0 Å². The van der Waals surface area contributed by atoms with E-state index in [1.54, 1.807) is 36.4 Å². The summed E-state index contributed by atoms with van der Waals surface area (Å²) in [5.41, 5.74) is 1.75. The van der Waals surface area contributed by atoms with Crippen molar-refractivity contribution < 1.29 is 8.83 Å². The van der Waals surface area contributed by atoms with E-state index in [0.717, 1.165) is 5.56 Å². The van der Waals surface area contributed by atoms with Gasteiger partial charge in [0, 0.05) is 6.07 Å². The molecule has 4 rings (SSSR count). The van der Waals surface area contributed by atoms with Crippen LogP contribution in [0.4, 0.5) is 0 Å². The molecule has 112 valence electrons. The lowest BCUT2D eigenvalue weighted by Gasteiger charge is -2.04. The molecule has 0 aliphatic rings. The molecule has 0 saturated carbocycles. The molecular weight excluding hydrogens is 292 g/mol. The second-order valence-electron chi connectivity index (χ2n) is 5.45. The third-order valence-corrected chi connectivity index (χ3v) is 3.83. The number of benzene rings is 2. The van der Waals surface area contributed by atoms with Gasteiger partial charge in [-0.25, -0.2) is 0 Å². The zero-order chi connectivity index (χ0) is 16.0. The second-order valence-corrected chi connectivity index (χ2v) is 5.45. The summed E-state index contributed by atoms with van der Waals surface area (Å²) in [5, 5.41) is 0.954. The van der Waals surface area contributed by atoms with Crippen LogP contribution in [0.5, 0.6) is 0 Å². The minimum absolute atomic E-state index is 0.189. The third-order valence-electron chi connectivity index (χ3n) is 3.83. The van der Waals surface area contributed by atoms with E-state index < -0.39 is 0 Å². The maximum absolute atomic E-state index is 12.7. The molecule has 0 atom stereocenters. The zero-order valence-corrected chi connectivity index (χ0v) is 12.3. The van der Waals surface area contributed by atoms with Gasteiger partial charge in [-0.05, 0) is 31.2 Å². The Hall–Kier alpha value is -3.14. The fourth-order valence-electron chi connectivity index (χ4n) is 2.65. The minimum atomic E-state index is -0.214. The highest BCUT2D eigenvalue weighted by Gasteiger charge is 2.13. The van der Waals surface area contributed by atoms with Crippen LogP contribution in [-0.4, -0.2) is 0 Å². The summed E-state index contributed by atoms with van der Waals surface area (Å²) in [6.45, 7) is 1.90. The van der Waals surface area contributed by atoms with E-state index in [-0.39, 0.29) is 22.2 Å². The van der Waals surface area contributed by atoms with Crippen LogP contribution in [0.3, 0.4) is 0 Å². The normalized spacial score (nSPS) is 11.2. The molecule has 23 heavy (non-hydrogen) atoms. The van der Waals surface area contributed by atoms with E-state index in [1.807, 2.05) is 13.0 Å². The van der Waals surface area contributed by atoms with Crippen molar-refractivity contribution in [1.82, 2.24) is 0 Å². The molecule has 0 bridgehead atoms. The van der Waals surface area contributed by atoms with Gasteiger partial charge < -0.3 is 8.83 Å². The highest BCUT2D eigenvalue weighted by atomic mass is 16.3. The van der Waals surface area contributed by atoms with Crippen molar-refractivity contribution in [1.29, 1.82) is 0 Å². The quantitative estimate of drug-likeness (QED) is 0.535. The fraction of sp³-hybridized carbons (Fsp3) is 0.0526. The Labute approximate surface area is 130 Å². The zero-order valence-electron chi connectivity index (χ0n) is 12.3. The summed E-state index contributed by atoms with van der Waals surface area (Å²) in [6.07, 6.45) is 1.34. The maximum Gasteiger partial charge on any atom is 0.203 e. The van der Waals surface area contributed by atoms with Crippen molar-refractivity contribution >= 4 is 21.9 Å². The Bertz CT molecular complexity index is 1170. The first-order valence-electron chi connectivity index (χ1n) is 7.19. The monoisotopic (exact) mass is 304 g/mol. The number of rotatable bonds is 1. The van der Waals surface area contributed by atoms with Crippen molar-refractivity contribution in [3.8, 4) is 11.3 Å². The lowest BCUT2D eigenvalue weighted by atomic mass is 10.1. The molecule has 2 aromatic heterocycles. The van der Waals surface area contributed by atoms with E-state index in [9.17, 15) is 9.59 Å². The van der Waals surface area contributed by atoms with Gasteiger partial charge in [0.15, 0.2) is 5.43 Å². The average Bonchev–Trinajstić information content (AvgIpc) is 2.56. The van der Waals surface area contributed by atoms with Crippen molar-refractivity contribution in [3.63, 3.8) is 0 Å². The van der Waals surface area contributed by atoms with Crippen LogP contribution in [0.25, 0.3) is 33.3 Å². The summed E-state index contributed by atoms with van der Waals surface area (Å²) in [5.74, 6) is 0.214. The summed E-state index contributed by atoms with van der Waals surface area (Å²) < 4.78 is 11.3. The molecule has 0 unspecified atom stereocenters. The predicted octanol–water partition coefficient (Wildman–Crippen LogP) is 3.87. The summed E-state index contributed by atoms with van der Waals surface area (Å²) in [4.78, 5) is 24.9. The maximum atomic E-state index is 12.7. The van der Waals surface area contributed by atoms with E-state index in [0.29, 0.717) is 21.9 Å². The number of hydrogen-bond donors (Lipinski definition) is 0. The topological polar surface area (TPSA) is 60.4 Å². The highest BCUT2D eigenvalue weighted by Crippen LogP contribution is 2.22. The fourth-order valence-corrected chi connectivity index (χ4v) is 2.65. The van der Waals surface area contributed by atoms with Crippen LogP contribution in [-0.2, 0) is 0 Å². The molecule has 4 nitrogen and oxygen atoms in total. The summed E-state index contributed by atoms with van der Waals surface area (Å²) in [7, 11) is 0. The molecule has 0 amide bonds. The Morgan fingerprint density at radius 1 is 0.870 bits per heavy atom. The van der Waals surface area contributed by atoms with Gasteiger partial charge in [0.25, 0.3) is 0 Å². The molecule has 0 aliphatic heterocycles. The van der Waals surface area contributed by atoms with Crippen LogP contribution < -0.4 is 10.9 Å². The van der Waals surface area contributed by atoms with E-state index in [2.05, 4.69) is 0 Å². The molecule has 0 fully saturated rings. The Morgan fingerprint density at radius 3 is 2.57 bits per heavy atom. The first-order chi connectivity index (χ1) is 11.1. The largest absolute Gasteiger partial charge is 0.463 e. The van der Waals surface area contributed by atoms with Gasteiger partial charge in [-0.2, -0.15) is 0 Å². The molecule has 0 saturated heterocycles. The van der Waals surface area contributed by atoms with Gasteiger partial charge in [0.2, 0.25) is 5.43 Å². The average molecular weight is 304 g/mol. The van der Waals surface area contributed by atoms with Crippen LogP contribution in [0.15, 0.2) is 73.2 Å². The van der Waals surface area contributed by atoms with Gasteiger partial charge >= 0.3 is 0 Å². The number of hydrogen-bond acceptors (Lipinski definition) is 4. The first kappa shape index (κ1) is 13.5. The number of aryl methyl sites for hydroxylation is 1. The second kappa shape index (κ2) is 4.95. The Kier molecular flexibility index (Phi) is 2.91. The van der Waals surface area contributed by atoms with E-state index >= 15 is 0 Å². The van der Waals surface area contributed by atoms with E-state index in [4.69, 9.17) is 8.83 Å². The molecular formula is C19H12O4. The minimum Gasteiger partial charge on any atom is -0.463 e. The molecule has 4 aromatic rings. The summed E-state index contributed by atoms with van der Waals surface area (Å²) in [6, 6.07) is 13.7. The third kappa shape index (κ3) is 2.16. The molecule has 0 spiro atoms. The van der Waals surface area contributed by atoms with Crippen LogP contribution in [0.1, 0.15) is 5.56 Å². The van der Waals surface area contributed by atoms with Gasteiger partial charge in [-0.15, -0.1) is 0 Å². The number of para-hydroxylation sites is 1. The van der Waals surface area contributed by atoms with Crippen LogP contribution in [0.2, 0.25) is 0 Å². The molecule has 2 aromatic carbocycles. The van der Waals surface area contributed by atoms with Gasteiger partial charge in [0.05, 0.1) is 10.8 Å². The van der Waals surface area contributed by atoms with Crippen molar-refractivity contribution in [3.05, 3.63) is 80.8 Å². The SMILES string of the molecule is Cc1ccc2occ(-c3cc(=O)c4ccccc4o3)c(=O)c2c1. The Balaban J connectivity index is 2.05. The molecule has 4 heteroatoms. The van der Waals surface area contributed by atoms with Gasteiger partial charge in [-0.1, -0.05) is 23.8 Å². The lowest BCUT2D eigenvalue weighted by molar-refractivity contribution is 0.587. The highest BCUT2D eigenvalue weighted by molar-refractivity contribution is 5.83. The standard InChI is InChI=1S/C19H12O4/c1-11-6-7-16-13(8-11)19(21)14(10-22-16)18-9-15(20)12-4-2-3-5-17(12)23-18/h2-10H,1H3. The lowest BCUT2D eigenvalue weighted by Crippen LogP contribution is -2.07. The number of fused-ring (bicyclic) bond motifs is 2. The van der Waals surface area contributed by atoms with E-state index in [1.165, 1.54) is 12.3 Å². The summed E-state index contributed by atoms with van der Waals surface area (Å²) >= 11 is 0.